The molecule has 3 rings (SSSR count). The van der Waals surface area contributed by atoms with Gasteiger partial charge in [0.15, 0.2) is 0 Å². The first-order chi connectivity index (χ1) is 17.1. The number of rotatable bonds is 9. The van der Waals surface area contributed by atoms with Crippen LogP contribution in [0.3, 0.4) is 0 Å². The molecule has 204 valence electrons. The summed E-state index contributed by atoms with van der Waals surface area (Å²) in [5, 5.41) is 23.7. The number of nitrogens with zero attached hydrogens (tertiary/aromatic N) is 4. The van der Waals surface area contributed by atoms with Crippen LogP contribution in [0.4, 0.5) is 8.78 Å². The normalized spacial score (nSPS) is 20.9. The van der Waals surface area contributed by atoms with E-state index in [1.807, 2.05) is 0 Å². The van der Waals surface area contributed by atoms with Gasteiger partial charge in [0, 0.05) is 26.6 Å². The van der Waals surface area contributed by atoms with Gasteiger partial charge >= 0.3 is 5.97 Å². The molecule has 2 N–H and O–H groups in total. The van der Waals surface area contributed by atoms with Gasteiger partial charge in [-0.25, -0.2) is 4.39 Å². The first-order valence-electron chi connectivity index (χ1n) is 11.4. The smallest absolute Gasteiger partial charge is 0.322 e. The molecule has 0 amide bonds. The van der Waals surface area contributed by atoms with Crippen LogP contribution in [0.1, 0.15) is 42.7 Å². The van der Waals surface area contributed by atoms with Crippen LogP contribution in [0.2, 0.25) is 0 Å². The summed E-state index contributed by atoms with van der Waals surface area (Å²) in [6.07, 6.45) is 0. The van der Waals surface area contributed by atoms with Gasteiger partial charge in [-0.1, -0.05) is 19.1 Å². The molecule has 3 atom stereocenters. The van der Waals surface area contributed by atoms with Crippen molar-refractivity contribution in [2.24, 2.45) is 11.3 Å². The van der Waals surface area contributed by atoms with E-state index >= 15 is 4.39 Å². The van der Waals surface area contributed by atoms with Crippen molar-refractivity contribution in [3.63, 3.8) is 0 Å². The second-order valence-corrected chi connectivity index (χ2v) is 11.9. The number of ether oxygens (including phenoxy) is 1. The standard InChI is InChI=1S/C23H30F2N4O7S/c1-13-10-28(37(34,35)27(4)5)19(21(31)32)16(13)18-17(25)20(29(26-18)22(33)23(2,3)12-30)36-11-14-6-8-15(24)9-7-14/h6-9,13,16,19,30H,10-12H2,1-5H3,(H,31,32). The maximum absolute atomic E-state index is 15.9. The highest BCUT2D eigenvalue weighted by atomic mass is 32.2. The van der Waals surface area contributed by atoms with E-state index in [4.69, 9.17) is 4.74 Å². The van der Waals surface area contributed by atoms with Crippen molar-refractivity contribution in [2.75, 3.05) is 27.2 Å². The molecule has 3 unspecified atom stereocenters. The minimum Gasteiger partial charge on any atom is -0.480 e. The monoisotopic (exact) mass is 544 g/mol. The summed E-state index contributed by atoms with van der Waals surface area (Å²) in [6.45, 7) is 3.26. The average Bonchev–Trinajstić information content (AvgIpc) is 3.34. The van der Waals surface area contributed by atoms with E-state index in [-0.39, 0.29) is 13.2 Å². The van der Waals surface area contributed by atoms with Crippen LogP contribution >= 0.6 is 0 Å². The predicted molar refractivity (Wildman–Crippen MR) is 127 cm³/mol. The molecule has 2 aromatic rings. The lowest BCUT2D eigenvalue weighted by atomic mass is 9.89. The second kappa shape index (κ2) is 10.4. The Balaban J connectivity index is 2.12. The highest BCUT2D eigenvalue weighted by Gasteiger charge is 2.53. The molecule has 14 heteroatoms. The lowest BCUT2D eigenvalue weighted by Gasteiger charge is -2.26. The number of carboxylic acids is 1. The van der Waals surface area contributed by atoms with Gasteiger partial charge in [-0.3, -0.25) is 9.59 Å². The molecule has 0 radical (unpaired) electrons. The summed E-state index contributed by atoms with van der Waals surface area (Å²) in [5.74, 6) is -6.54. The van der Waals surface area contributed by atoms with Gasteiger partial charge in [-0.05, 0) is 37.5 Å². The molecule has 1 aliphatic rings. The lowest BCUT2D eigenvalue weighted by Crippen LogP contribution is -2.47. The molecule has 1 fully saturated rings. The SMILES string of the molecule is CC1CN(S(=O)(=O)N(C)C)C(C(=O)O)C1c1nn(C(=O)C(C)(C)CO)c(OCc2ccc(F)cc2)c1F. The predicted octanol–water partition coefficient (Wildman–Crippen LogP) is 1.69. The average molecular weight is 545 g/mol. The Morgan fingerprint density at radius 2 is 1.81 bits per heavy atom. The fraction of sp³-hybridized carbons (Fsp3) is 0.522. The number of aliphatic hydroxyl groups is 1. The fourth-order valence-electron chi connectivity index (χ4n) is 4.11. The number of carbonyl (C=O) groups is 2. The van der Waals surface area contributed by atoms with Crippen molar-refractivity contribution in [1.82, 2.24) is 18.4 Å². The summed E-state index contributed by atoms with van der Waals surface area (Å²) in [4.78, 5) is 25.4. The third kappa shape index (κ3) is 5.37. The van der Waals surface area contributed by atoms with E-state index in [1.165, 1.54) is 52.2 Å². The van der Waals surface area contributed by atoms with Gasteiger partial charge in [-0.2, -0.15) is 31.2 Å². The zero-order valence-corrected chi connectivity index (χ0v) is 21.9. The molecule has 11 nitrogen and oxygen atoms in total. The molecule has 0 aliphatic carbocycles. The topological polar surface area (TPSA) is 142 Å². The van der Waals surface area contributed by atoms with Crippen LogP contribution in [0.5, 0.6) is 5.88 Å². The molecule has 1 aromatic heterocycles. The Kier molecular flexibility index (Phi) is 8.08. The minimum atomic E-state index is -4.19. The number of aliphatic carboxylic acids is 1. The highest BCUT2D eigenvalue weighted by molar-refractivity contribution is 7.86. The van der Waals surface area contributed by atoms with Gasteiger partial charge < -0.3 is 14.9 Å². The minimum absolute atomic E-state index is 0.226. The number of halogens is 2. The number of aromatic nitrogens is 2. The number of benzene rings is 1. The van der Waals surface area contributed by atoms with Crippen molar-refractivity contribution in [1.29, 1.82) is 0 Å². The summed E-state index contributed by atoms with van der Waals surface area (Å²) in [7, 11) is -1.69. The number of hydrogen-bond donors (Lipinski definition) is 2. The molecular formula is C23H30F2N4O7S. The summed E-state index contributed by atoms with van der Waals surface area (Å²) < 4.78 is 62.6. The third-order valence-corrected chi connectivity index (χ3v) is 8.22. The van der Waals surface area contributed by atoms with Crippen molar-refractivity contribution in [3.8, 4) is 5.88 Å². The van der Waals surface area contributed by atoms with Crippen molar-refractivity contribution in [3.05, 3.63) is 47.2 Å². The van der Waals surface area contributed by atoms with Crippen LogP contribution in [0.25, 0.3) is 0 Å². The molecule has 1 aliphatic heterocycles. The number of aliphatic hydroxyl groups excluding tert-OH is 1. The maximum atomic E-state index is 15.9. The second-order valence-electron chi connectivity index (χ2n) is 9.82. The van der Waals surface area contributed by atoms with E-state index in [1.54, 1.807) is 6.92 Å². The van der Waals surface area contributed by atoms with Gasteiger partial charge in [0.2, 0.25) is 5.82 Å². The number of carboxylic acid groups (broad SMARTS) is 1. The molecule has 0 saturated carbocycles. The maximum Gasteiger partial charge on any atom is 0.322 e. The molecule has 37 heavy (non-hydrogen) atoms. The van der Waals surface area contributed by atoms with Crippen molar-refractivity contribution >= 4 is 22.1 Å². The molecular weight excluding hydrogens is 514 g/mol. The first kappa shape index (κ1) is 28.6. The van der Waals surface area contributed by atoms with E-state index in [9.17, 15) is 32.6 Å². The van der Waals surface area contributed by atoms with Crippen molar-refractivity contribution in [2.45, 2.75) is 39.3 Å². The highest BCUT2D eigenvalue weighted by Crippen LogP contribution is 2.42. The number of carbonyl (C=O) groups excluding carboxylic acids is 1. The Labute approximate surface area is 213 Å². The van der Waals surface area contributed by atoms with E-state index in [0.29, 0.717) is 10.2 Å². The Morgan fingerprint density at radius 3 is 2.32 bits per heavy atom. The summed E-state index contributed by atoms with van der Waals surface area (Å²) in [5.41, 5.74) is -1.41. The lowest BCUT2D eigenvalue weighted by molar-refractivity contribution is -0.141. The van der Waals surface area contributed by atoms with Crippen molar-refractivity contribution < 1.29 is 41.7 Å². The molecule has 1 aromatic carbocycles. The van der Waals surface area contributed by atoms with Gasteiger partial charge in [-0.15, -0.1) is 0 Å². The summed E-state index contributed by atoms with van der Waals surface area (Å²) in [6, 6.07) is 3.45. The Bertz CT molecular complexity index is 1280. The molecule has 0 bridgehead atoms. The third-order valence-electron chi connectivity index (χ3n) is 6.33. The first-order valence-corrected chi connectivity index (χ1v) is 12.8. The Morgan fingerprint density at radius 1 is 1.22 bits per heavy atom. The quantitative estimate of drug-likeness (QED) is 0.486. The van der Waals surface area contributed by atoms with E-state index in [2.05, 4.69) is 5.10 Å². The van der Waals surface area contributed by atoms with E-state index in [0.717, 1.165) is 8.61 Å². The number of hydrogen-bond acceptors (Lipinski definition) is 7. The summed E-state index contributed by atoms with van der Waals surface area (Å²) >= 11 is 0. The zero-order chi connectivity index (χ0) is 27.9. The van der Waals surface area contributed by atoms with Crippen LogP contribution < -0.4 is 4.74 Å². The molecule has 1 saturated heterocycles. The molecule has 0 spiro atoms. The molecule has 2 heterocycles. The van der Waals surface area contributed by atoms with E-state index < -0.39 is 75.2 Å². The fourth-order valence-corrected chi connectivity index (χ4v) is 5.46. The van der Waals surface area contributed by atoms with Gasteiger partial charge in [0.25, 0.3) is 22.0 Å². The largest absolute Gasteiger partial charge is 0.480 e. The zero-order valence-electron chi connectivity index (χ0n) is 21.1. The Hall–Kier alpha value is -2.94. The van der Waals surface area contributed by atoms with Crippen LogP contribution in [-0.2, 0) is 21.6 Å². The van der Waals surface area contributed by atoms with Gasteiger partial charge in [0.05, 0.1) is 12.0 Å². The van der Waals surface area contributed by atoms with Gasteiger partial charge in [0.1, 0.15) is 24.2 Å². The van der Waals surface area contributed by atoms with Crippen LogP contribution in [-0.4, -0.2) is 82.2 Å². The van der Waals surface area contributed by atoms with Crippen LogP contribution in [0.15, 0.2) is 24.3 Å². The van der Waals surface area contributed by atoms with Crippen LogP contribution in [0, 0.1) is 23.0 Å².